The largest absolute Gasteiger partial charge is 0.334 e. The zero-order valence-electron chi connectivity index (χ0n) is 14.0. The van der Waals surface area contributed by atoms with E-state index in [1.54, 1.807) is 4.88 Å². The molecule has 0 spiro atoms. The summed E-state index contributed by atoms with van der Waals surface area (Å²) in [6.45, 7) is 0.825. The minimum atomic E-state index is 0.481. The van der Waals surface area contributed by atoms with Crippen LogP contribution in [0.3, 0.4) is 0 Å². The Bertz CT molecular complexity index is 803. The first kappa shape index (κ1) is 15.6. The Kier molecular flexibility index (Phi) is 4.50. The Hall–Kier alpha value is -1.91. The van der Waals surface area contributed by atoms with Crippen LogP contribution in [0.1, 0.15) is 46.4 Å². The number of nitrogens with one attached hydrogen (secondary N) is 1. The second-order valence-electron chi connectivity index (χ2n) is 6.51. The smallest absolute Gasteiger partial charge is 0.122 e. The standard InChI is InChI=1S/C20H23N3S/c1-23-16(12-15-6-3-2-4-7-15)13-22-20(23)14-21-18-8-5-9-19-17(18)10-11-24-19/h2-4,6-7,10-11,13,18,21H,5,8-9,12,14H2,1H3. The van der Waals surface area contributed by atoms with E-state index >= 15 is 0 Å². The van der Waals surface area contributed by atoms with Crippen LogP contribution < -0.4 is 5.32 Å². The van der Waals surface area contributed by atoms with Crippen molar-refractivity contribution in [3.8, 4) is 0 Å². The molecule has 0 bridgehead atoms. The molecule has 3 aromatic rings. The number of hydrogen-bond acceptors (Lipinski definition) is 3. The first-order chi connectivity index (χ1) is 11.8. The Labute approximate surface area is 147 Å². The molecule has 4 heteroatoms. The summed E-state index contributed by atoms with van der Waals surface area (Å²) in [7, 11) is 2.12. The zero-order chi connectivity index (χ0) is 16.4. The summed E-state index contributed by atoms with van der Waals surface area (Å²) in [6, 6.07) is 13.4. The highest BCUT2D eigenvalue weighted by Gasteiger charge is 2.21. The van der Waals surface area contributed by atoms with E-state index < -0.39 is 0 Å². The summed E-state index contributed by atoms with van der Waals surface area (Å²) in [5, 5.41) is 5.95. The van der Waals surface area contributed by atoms with Gasteiger partial charge in [-0.05, 0) is 41.8 Å². The minimum Gasteiger partial charge on any atom is -0.334 e. The molecule has 24 heavy (non-hydrogen) atoms. The van der Waals surface area contributed by atoms with E-state index in [2.05, 4.69) is 63.7 Å². The van der Waals surface area contributed by atoms with Gasteiger partial charge in [-0.3, -0.25) is 0 Å². The monoisotopic (exact) mass is 337 g/mol. The van der Waals surface area contributed by atoms with Crippen LogP contribution >= 0.6 is 11.3 Å². The Morgan fingerprint density at radius 3 is 3.00 bits per heavy atom. The highest BCUT2D eigenvalue weighted by atomic mass is 32.1. The van der Waals surface area contributed by atoms with Gasteiger partial charge in [-0.2, -0.15) is 0 Å². The molecule has 1 N–H and O–H groups in total. The number of thiophene rings is 1. The molecule has 4 rings (SSSR count). The van der Waals surface area contributed by atoms with Gasteiger partial charge in [-0.15, -0.1) is 11.3 Å². The molecule has 0 radical (unpaired) electrons. The van der Waals surface area contributed by atoms with Gasteiger partial charge in [0.15, 0.2) is 0 Å². The summed E-state index contributed by atoms with van der Waals surface area (Å²) in [5.74, 6) is 1.11. The van der Waals surface area contributed by atoms with Gasteiger partial charge in [0.05, 0.1) is 6.54 Å². The second-order valence-corrected chi connectivity index (χ2v) is 7.51. The van der Waals surface area contributed by atoms with Crippen molar-refractivity contribution in [1.29, 1.82) is 0 Å². The van der Waals surface area contributed by atoms with Crippen molar-refractivity contribution in [2.75, 3.05) is 0 Å². The lowest BCUT2D eigenvalue weighted by atomic mass is 9.94. The Morgan fingerprint density at radius 2 is 2.12 bits per heavy atom. The van der Waals surface area contributed by atoms with E-state index in [-0.39, 0.29) is 0 Å². The van der Waals surface area contributed by atoms with E-state index in [0.29, 0.717) is 6.04 Å². The summed E-state index contributed by atoms with van der Waals surface area (Å²) < 4.78 is 2.23. The van der Waals surface area contributed by atoms with Crippen molar-refractivity contribution in [1.82, 2.24) is 14.9 Å². The number of imidazole rings is 1. The van der Waals surface area contributed by atoms with Crippen molar-refractivity contribution in [2.45, 2.75) is 38.3 Å². The molecule has 0 aliphatic heterocycles. The third-order valence-electron chi connectivity index (χ3n) is 4.97. The molecule has 0 amide bonds. The summed E-state index contributed by atoms with van der Waals surface area (Å²) in [5.41, 5.74) is 4.10. The van der Waals surface area contributed by atoms with Crippen LogP contribution in [0.15, 0.2) is 48.0 Å². The van der Waals surface area contributed by atoms with Crippen molar-refractivity contribution in [2.24, 2.45) is 7.05 Å². The normalized spacial score (nSPS) is 17.0. The number of fused-ring (bicyclic) bond motifs is 1. The third kappa shape index (κ3) is 3.17. The molecule has 0 saturated heterocycles. The lowest BCUT2D eigenvalue weighted by Crippen LogP contribution is -2.25. The van der Waals surface area contributed by atoms with Crippen molar-refractivity contribution in [3.63, 3.8) is 0 Å². The summed E-state index contributed by atoms with van der Waals surface area (Å²) >= 11 is 1.90. The number of benzene rings is 1. The lowest BCUT2D eigenvalue weighted by molar-refractivity contribution is 0.452. The van der Waals surface area contributed by atoms with Crippen LogP contribution in [-0.2, 0) is 26.4 Å². The summed E-state index contributed by atoms with van der Waals surface area (Å²) in [6.07, 6.45) is 6.70. The van der Waals surface area contributed by atoms with Crippen LogP contribution in [0.4, 0.5) is 0 Å². The van der Waals surface area contributed by atoms with Crippen LogP contribution in [0.5, 0.6) is 0 Å². The maximum Gasteiger partial charge on any atom is 0.122 e. The SMILES string of the molecule is Cn1c(Cc2ccccc2)cnc1CNC1CCCc2sccc21. The maximum absolute atomic E-state index is 4.64. The predicted molar refractivity (Wildman–Crippen MR) is 99.3 cm³/mol. The average Bonchev–Trinajstić information content (AvgIpc) is 3.22. The van der Waals surface area contributed by atoms with E-state index in [4.69, 9.17) is 0 Å². The van der Waals surface area contributed by atoms with Crippen molar-refractivity contribution < 1.29 is 0 Å². The highest BCUT2D eigenvalue weighted by Crippen LogP contribution is 2.33. The molecule has 1 aromatic carbocycles. The molecular formula is C20H23N3S. The van der Waals surface area contributed by atoms with Gasteiger partial charge in [-0.25, -0.2) is 4.98 Å². The van der Waals surface area contributed by atoms with Crippen LogP contribution in [0, 0.1) is 0 Å². The number of aromatic nitrogens is 2. The van der Waals surface area contributed by atoms with Gasteiger partial charge in [-0.1, -0.05) is 30.3 Å². The molecule has 1 aliphatic carbocycles. The van der Waals surface area contributed by atoms with Crippen LogP contribution in [0.25, 0.3) is 0 Å². The number of hydrogen-bond donors (Lipinski definition) is 1. The molecule has 2 heterocycles. The first-order valence-electron chi connectivity index (χ1n) is 8.64. The quantitative estimate of drug-likeness (QED) is 0.755. The Balaban J connectivity index is 1.43. The van der Waals surface area contributed by atoms with E-state index in [1.165, 1.54) is 36.1 Å². The van der Waals surface area contributed by atoms with Gasteiger partial charge in [0.25, 0.3) is 0 Å². The zero-order valence-corrected chi connectivity index (χ0v) is 14.9. The fourth-order valence-corrected chi connectivity index (χ4v) is 4.52. The van der Waals surface area contributed by atoms with E-state index in [0.717, 1.165) is 18.8 Å². The molecule has 1 aliphatic rings. The molecular weight excluding hydrogens is 314 g/mol. The van der Waals surface area contributed by atoms with Gasteiger partial charge in [0.1, 0.15) is 5.82 Å². The van der Waals surface area contributed by atoms with Gasteiger partial charge in [0, 0.05) is 36.3 Å². The topological polar surface area (TPSA) is 29.9 Å². The number of aryl methyl sites for hydroxylation is 1. The third-order valence-corrected chi connectivity index (χ3v) is 5.96. The van der Waals surface area contributed by atoms with Crippen LogP contribution in [0.2, 0.25) is 0 Å². The van der Waals surface area contributed by atoms with Crippen LogP contribution in [-0.4, -0.2) is 9.55 Å². The molecule has 2 aromatic heterocycles. The molecule has 1 unspecified atom stereocenters. The van der Waals surface area contributed by atoms with Gasteiger partial charge >= 0.3 is 0 Å². The van der Waals surface area contributed by atoms with Gasteiger partial charge in [0.2, 0.25) is 0 Å². The predicted octanol–water partition coefficient (Wildman–Crippen LogP) is 4.24. The first-order valence-corrected chi connectivity index (χ1v) is 9.52. The molecule has 3 nitrogen and oxygen atoms in total. The highest BCUT2D eigenvalue weighted by molar-refractivity contribution is 7.10. The number of nitrogens with zero attached hydrogens (tertiary/aromatic N) is 2. The lowest BCUT2D eigenvalue weighted by Gasteiger charge is -2.23. The average molecular weight is 337 g/mol. The fraction of sp³-hybridized carbons (Fsp3) is 0.350. The second kappa shape index (κ2) is 6.91. The molecule has 124 valence electrons. The van der Waals surface area contributed by atoms with E-state index in [9.17, 15) is 0 Å². The fourth-order valence-electron chi connectivity index (χ4n) is 3.53. The molecule has 0 fully saturated rings. The minimum absolute atomic E-state index is 0.481. The Morgan fingerprint density at radius 1 is 1.25 bits per heavy atom. The maximum atomic E-state index is 4.64. The van der Waals surface area contributed by atoms with E-state index in [1.807, 2.05) is 17.5 Å². The number of rotatable bonds is 5. The van der Waals surface area contributed by atoms with Crippen molar-refractivity contribution in [3.05, 3.63) is 75.5 Å². The summed E-state index contributed by atoms with van der Waals surface area (Å²) in [4.78, 5) is 6.20. The molecule has 1 atom stereocenters. The van der Waals surface area contributed by atoms with Gasteiger partial charge < -0.3 is 9.88 Å². The molecule has 0 saturated carbocycles. The van der Waals surface area contributed by atoms with Crippen molar-refractivity contribution >= 4 is 11.3 Å².